The lowest BCUT2D eigenvalue weighted by molar-refractivity contribution is -0.155. The van der Waals surface area contributed by atoms with Crippen molar-refractivity contribution >= 4 is 165 Å². The van der Waals surface area contributed by atoms with E-state index in [1.165, 1.54) is 87.6 Å². The lowest BCUT2D eigenvalue weighted by Gasteiger charge is -2.19. The number of ether oxygens (including phenoxy) is 2. The third-order valence-electron chi connectivity index (χ3n) is 27.3. The summed E-state index contributed by atoms with van der Waals surface area (Å²) in [6.07, 6.45) is -0.530. The van der Waals surface area contributed by atoms with Gasteiger partial charge >= 0.3 is 11.9 Å². The van der Waals surface area contributed by atoms with Gasteiger partial charge < -0.3 is 36.9 Å². The van der Waals surface area contributed by atoms with Crippen LogP contribution in [-0.2, 0) is 75.6 Å². The maximum Gasteiger partial charge on any atom is 0.317 e. The average Bonchev–Trinajstić information content (AvgIpc) is 1.56. The van der Waals surface area contributed by atoms with E-state index in [9.17, 15) is 9.59 Å². The molecule has 0 unspecified atom stereocenters. The molecular formula is C117H118N6O4S2. The summed E-state index contributed by atoms with van der Waals surface area (Å²) in [5.41, 5.74) is 27.8. The van der Waals surface area contributed by atoms with Gasteiger partial charge in [0.2, 0.25) is 0 Å². The van der Waals surface area contributed by atoms with Gasteiger partial charge in [0.25, 0.3) is 0 Å². The fourth-order valence-electron chi connectivity index (χ4n) is 19.6. The van der Waals surface area contributed by atoms with Crippen LogP contribution >= 0.6 is 22.7 Å². The van der Waals surface area contributed by atoms with Crippen LogP contribution in [0.5, 0.6) is 0 Å². The summed E-state index contributed by atoms with van der Waals surface area (Å²) in [5, 5.41) is 16.3. The Balaban J connectivity index is 0.620. The van der Waals surface area contributed by atoms with Gasteiger partial charge in [0.05, 0.1) is 66.2 Å². The Labute approximate surface area is 765 Å². The van der Waals surface area contributed by atoms with Gasteiger partial charge in [0.15, 0.2) is 0 Å². The molecule has 0 aliphatic rings. The van der Waals surface area contributed by atoms with E-state index in [1.807, 2.05) is 12.1 Å². The fraction of sp³-hybridized carbons (Fsp3) is 0.299. The molecule has 129 heavy (non-hydrogen) atoms. The minimum atomic E-state index is -0.651. The zero-order valence-corrected chi connectivity index (χ0v) is 81.0. The molecule has 12 heteroatoms. The molecule has 0 saturated heterocycles. The van der Waals surface area contributed by atoms with Gasteiger partial charge in [-0.15, -0.1) is 22.7 Å². The molecule has 8 aromatic heterocycles. The van der Waals surface area contributed by atoms with Crippen molar-refractivity contribution in [3.05, 3.63) is 297 Å². The monoisotopic (exact) mass is 1730 g/mol. The number of thiophene rings is 2. The number of nitrogens with zero attached hydrogens (tertiary/aromatic N) is 6. The number of esters is 2. The second-order valence-corrected chi connectivity index (χ2v) is 46.9. The quantitative estimate of drug-likeness (QED) is 0.0901. The fourth-order valence-corrected chi connectivity index (χ4v) is 21.5. The number of carbonyl (C=O) groups excluding carboxylic acids is 2. The van der Waals surface area contributed by atoms with Crippen LogP contribution in [0.15, 0.2) is 243 Å². The Morgan fingerprint density at radius 3 is 0.550 bits per heavy atom. The number of carbonyl (C=O) groups is 2. The first-order valence-electron chi connectivity index (χ1n) is 45.8. The Bertz CT molecular complexity index is 6910. The van der Waals surface area contributed by atoms with Crippen molar-refractivity contribution in [2.24, 2.45) is 0 Å². The molecule has 0 amide bonds. The van der Waals surface area contributed by atoms with Crippen LogP contribution in [0.4, 0.5) is 0 Å². The predicted octanol–water partition coefficient (Wildman–Crippen LogP) is 31.9. The van der Waals surface area contributed by atoms with Gasteiger partial charge in [-0.25, -0.2) is 0 Å². The van der Waals surface area contributed by atoms with E-state index in [2.05, 4.69) is 424 Å². The first-order valence-corrected chi connectivity index (χ1v) is 47.5. The van der Waals surface area contributed by atoms with Crippen LogP contribution in [0.3, 0.4) is 0 Å². The van der Waals surface area contributed by atoms with E-state index in [4.69, 9.17) is 9.47 Å². The van der Waals surface area contributed by atoms with Gasteiger partial charge in [0, 0.05) is 97.1 Å². The van der Waals surface area contributed by atoms with Gasteiger partial charge in [-0.05, 0) is 282 Å². The third kappa shape index (κ3) is 14.7. The van der Waals surface area contributed by atoms with Crippen LogP contribution < -0.4 is 0 Å². The molecule has 652 valence electrons. The molecule has 0 N–H and O–H groups in total. The standard InChI is InChI=1S/C117H118N6O4S2/c1-110(2,3)68-25-39-94-82(53-68)83-54-69(111(4,5)6)26-40-95(83)118(94)76-33-47-102-90(61-76)91-62-77(119-96-41-27-70(112(7,8)9)55-84(96)85-56-71(113(10,11)12)28-42-97(85)119)34-48-103(91)122(102)106-51-37-80(128-106)66-126-108(124)65-109(125)127-67-81-38-52-107(129-81)123-104-49-35-78(120-98-43-29-72(114(13,14)15)57-86(98)87-58-73(115(16,17)18)30-44-99(87)120)63-92(104)93-64-79(36-50-105(93)123)121-100-45-31-74(116(19,20)21)59-88(100)89-60-75(117(22,23)24)32-46-101(89)121/h25-64H,65-67H2,1-24H3. The minimum absolute atomic E-state index is 0.00802. The molecule has 0 bridgehead atoms. The Morgan fingerprint density at radius 2 is 0.372 bits per heavy atom. The molecule has 12 aromatic carbocycles. The van der Waals surface area contributed by atoms with Crippen molar-refractivity contribution in [2.45, 2.75) is 229 Å². The maximum absolute atomic E-state index is 14.0. The highest BCUT2D eigenvalue weighted by molar-refractivity contribution is 7.14. The number of fused-ring (bicyclic) bond motifs is 18. The Morgan fingerprint density at radius 1 is 0.209 bits per heavy atom. The number of benzene rings is 12. The van der Waals surface area contributed by atoms with Crippen molar-refractivity contribution in [1.82, 2.24) is 27.4 Å². The van der Waals surface area contributed by atoms with E-state index in [0.717, 1.165) is 130 Å². The first kappa shape index (κ1) is 84.9. The molecule has 10 nitrogen and oxygen atoms in total. The first-order chi connectivity index (χ1) is 60.8. The van der Waals surface area contributed by atoms with Crippen LogP contribution in [0.1, 0.15) is 227 Å². The molecule has 0 aliphatic heterocycles. The van der Waals surface area contributed by atoms with Crippen LogP contribution in [0.25, 0.3) is 164 Å². The van der Waals surface area contributed by atoms with Gasteiger partial charge in [-0.2, -0.15) is 0 Å². The molecular weight excluding hydrogens is 1620 g/mol. The summed E-state index contributed by atoms with van der Waals surface area (Å²) in [6.45, 7) is 55.1. The lowest BCUT2D eigenvalue weighted by Crippen LogP contribution is -2.13. The zero-order valence-electron chi connectivity index (χ0n) is 79.3. The number of hydrogen-bond donors (Lipinski definition) is 0. The van der Waals surface area contributed by atoms with E-state index >= 15 is 0 Å². The van der Waals surface area contributed by atoms with E-state index < -0.39 is 18.4 Å². The summed E-state index contributed by atoms with van der Waals surface area (Å²) in [6, 6.07) is 92.4. The van der Waals surface area contributed by atoms with E-state index in [-0.39, 0.29) is 56.5 Å². The summed E-state index contributed by atoms with van der Waals surface area (Å²) in [5.74, 6) is -1.30. The summed E-state index contributed by atoms with van der Waals surface area (Å²) >= 11 is 3.15. The van der Waals surface area contributed by atoms with Crippen LogP contribution in [0, 0.1) is 0 Å². The van der Waals surface area contributed by atoms with Crippen molar-refractivity contribution in [3.63, 3.8) is 0 Å². The van der Waals surface area contributed by atoms with Gasteiger partial charge in [-0.3, -0.25) is 9.59 Å². The van der Waals surface area contributed by atoms with Gasteiger partial charge in [0.1, 0.15) is 29.6 Å². The summed E-state index contributed by atoms with van der Waals surface area (Å²) in [4.78, 5) is 29.6. The number of hydrogen-bond acceptors (Lipinski definition) is 6. The zero-order chi connectivity index (χ0) is 90.9. The molecule has 8 heterocycles. The summed E-state index contributed by atoms with van der Waals surface area (Å²) in [7, 11) is 0. The highest BCUT2D eigenvalue weighted by Crippen LogP contribution is 2.48. The number of aromatic nitrogens is 6. The van der Waals surface area contributed by atoms with E-state index in [1.54, 1.807) is 22.7 Å². The molecule has 20 aromatic rings. The van der Waals surface area contributed by atoms with Crippen LogP contribution in [0.2, 0.25) is 0 Å². The minimum Gasteiger partial charge on any atom is -0.460 e. The topological polar surface area (TPSA) is 82.2 Å². The molecule has 0 fully saturated rings. The van der Waals surface area contributed by atoms with Gasteiger partial charge in [-0.1, -0.05) is 215 Å². The second kappa shape index (κ2) is 29.7. The summed E-state index contributed by atoms with van der Waals surface area (Å²) < 4.78 is 26.6. The number of rotatable bonds is 12. The largest absolute Gasteiger partial charge is 0.460 e. The van der Waals surface area contributed by atoms with Crippen molar-refractivity contribution < 1.29 is 19.1 Å². The molecule has 0 saturated carbocycles. The smallest absolute Gasteiger partial charge is 0.317 e. The SMILES string of the molecule is CC(C)(C)c1ccc2c(c1)c1cc(C(C)(C)C)ccc1n2-c1ccc2c(c1)c1cc(-n3c4ccc(C(C)(C)C)cc4c4cc(C(C)(C)C)ccc43)ccc1n2-c1ccc(COC(=O)CC(=O)OCc2ccc(-n3c4ccc(-n5c6ccc(C(C)(C)C)cc6c6cc(C(C)(C)C)ccc65)cc4c4cc(-n5c6ccc(C(C)(C)C)cc6c6cc(C(C)(C)C)ccc65)ccc43)s2)s1. The molecule has 0 spiro atoms. The van der Waals surface area contributed by atoms with Crippen molar-refractivity contribution in [1.29, 1.82) is 0 Å². The van der Waals surface area contributed by atoms with Crippen LogP contribution in [-0.4, -0.2) is 39.3 Å². The van der Waals surface area contributed by atoms with Crippen molar-refractivity contribution in [2.75, 3.05) is 0 Å². The third-order valence-corrected chi connectivity index (χ3v) is 29.3. The predicted molar refractivity (Wildman–Crippen MR) is 548 cm³/mol. The Hall–Kier alpha value is -12.2. The molecule has 0 aliphatic carbocycles. The molecule has 20 rings (SSSR count). The average molecular weight is 1740 g/mol. The van der Waals surface area contributed by atoms with E-state index in [0.29, 0.717) is 0 Å². The van der Waals surface area contributed by atoms with Crippen molar-refractivity contribution in [3.8, 4) is 32.8 Å². The second-order valence-electron chi connectivity index (χ2n) is 44.7. The lowest BCUT2D eigenvalue weighted by atomic mass is 9.85. The normalized spacial score (nSPS) is 13.3. The highest BCUT2D eigenvalue weighted by atomic mass is 32.1. The Kier molecular flexibility index (Phi) is 19.5. The molecule has 0 radical (unpaired) electrons. The highest BCUT2D eigenvalue weighted by Gasteiger charge is 2.31. The maximum atomic E-state index is 14.0. The molecule has 0 atom stereocenters.